The number of piperidine rings is 1. The molecule has 1 aromatic carbocycles. The molecule has 1 amide bonds. The summed E-state index contributed by atoms with van der Waals surface area (Å²) in [4.78, 5) is 14.3. The highest BCUT2D eigenvalue weighted by Crippen LogP contribution is 2.30. The van der Waals surface area contributed by atoms with Crippen LogP contribution in [-0.2, 0) is 29.2 Å². The number of hydrogen-bond donors (Lipinski definition) is 1. The van der Waals surface area contributed by atoms with Crippen LogP contribution in [0.4, 0.5) is 4.39 Å². The molecular weight excluding hydrogens is 373 g/mol. The Morgan fingerprint density at radius 1 is 1.17 bits per heavy atom. The van der Waals surface area contributed by atoms with Crippen LogP contribution in [0.5, 0.6) is 0 Å². The number of amides is 1. The fraction of sp³-hybridized carbons (Fsp3) is 0.571. The number of carbonyl (C=O) groups is 1. The van der Waals surface area contributed by atoms with Crippen LogP contribution >= 0.6 is 0 Å². The van der Waals surface area contributed by atoms with Crippen molar-refractivity contribution in [3.63, 3.8) is 0 Å². The van der Waals surface area contributed by atoms with Gasteiger partial charge in [0.1, 0.15) is 17.6 Å². The van der Waals surface area contributed by atoms with Crippen molar-refractivity contribution in [2.45, 2.75) is 57.5 Å². The van der Waals surface area contributed by atoms with Gasteiger partial charge in [0, 0.05) is 31.6 Å². The lowest BCUT2D eigenvalue weighted by Gasteiger charge is -2.32. The molecule has 5 rings (SSSR count). The summed E-state index contributed by atoms with van der Waals surface area (Å²) in [6, 6.07) is 6.73. The van der Waals surface area contributed by atoms with Gasteiger partial charge in [0.25, 0.3) is 0 Å². The summed E-state index contributed by atoms with van der Waals surface area (Å²) < 4.78 is 21.1. The van der Waals surface area contributed by atoms with E-state index in [9.17, 15) is 9.18 Å². The van der Waals surface area contributed by atoms with Gasteiger partial charge in [0.15, 0.2) is 0 Å². The molecule has 29 heavy (non-hydrogen) atoms. The summed E-state index contributed by atoms with van der Waals surface area (Å²) in [6.07, 6.45) is 3.92. The molecule has 0 bridgehead atoms. The first kappa shape index (κ1) is 18.7. The smallest absolute Gasteiger partial charge is 0.223 e. The normalized spacial score (nSPS) is 23.0. The first-order valence-electron chi connectivity index (χ1n) is 10.5. The second-order valence-electron chi connectivity index (χ2n) is 8.35. The number of nitrogens with zero attached hydrogens (tertiary/aromatic N) is 4. The number of benzene rings is 1. The van der Waals surface area contributed by atoms with E-state index in [1.165, 1.54) is 12.1 Å². The number of aromatic nitrogens is 3. The van der Waals surface area contributed by atoms with Gasteiger partial charge in [0.05, 0.1) is 18.8 Å². The molecule has 1 saturated heterocycles. The lowest BCUT2D eigenvalue weighted by molar-refractivity contribution is -0.123. The maximum Gasteiger partial charge on any atom is 0.223 e. The number of carbonyl (C=O) groups excluding carboxylic acids is 1. The Bertz CT molecular complexity index is 872. The van der Waals surface area contributed by atoms with Gasteiger partial charge in [-0.05, 0) is 43.4 Å². The van der Waals surface area contributed by atoms with Crippen LogP contribution in [0.3, 0.4) is 0 Å². The zero-order valence-corrected chi connectivity index (χ0v) is 16.4. The fourth-order valence-corrected chi connectivity index (χ4v) is 4.18. The predicted octanol–water partition coefficient (Wildman–Crippen LogP) is 2.18. The highest BCUT2D eigenvalue weighted by atomic mass is 19.1. The molecule has 2 aliphatic heterocycles. The van der Waals surface area contributed by atoms with Crippen molar-refractivity contribution >= 4 is 5.91 Å². The Morgan fingerprint density at radius 2 is 1.93 bits per heavy atom. The van der Waals surface area contributed by atoms with Gasteiger partial charge in [-0.15, -0.1) is 5.10 Å². The number of hydrogen-bond acceptors (Lipinski definition) is 5. The summed E-state index contributed by atoms with van der Waals surface area (Å²) in [7, 11) is 0. The number of rotatable bonds is 5. The highest BCUT2D eigenvalue weighted by molar-refractivity contribution is 5.81. The van der Waals surface area contributed by atoms with Crippen molar-refractivity contribution in [2.75, 3.05) is 13.1 Å². The van der Waals surface area contributed by atoms with E-state index in [4.69, 9.17) is 4.74 Å². The van der Waals surface area contributed by atoms with Crippen LogP contribution in [-0.4, -0.2) is 44.9 Å². The van der Waals surface area contributed by atoms with E-state index >= 15 is 0 Å². The Labute approximate surface area is 169 Å². The fourth-order valence-electron chi connectivity index (χ4n) is 4.18. The minimum absolute atomic E-state index is 0.136. The average molecular weight is 399 g/mol. The maximum atomic E-state index is 13.1. The number of ether oxygens (including phenoxy) is 1. The van der Waals surface area contributed by atoms with Gasteiger partial charge in [-0.1, -0.05) is 17.3 Å². The highest BCUT2D eigenvalue weighted by Gasteiger charge is 2.32. The summed E-state index contributed by atoms with van der Waals surface area (Å²) in [5.74, 6) is 0.266. The molecule has 3 heterocycles. The molecule has 0 spiro atoms. The molecule has 2 aromatic rings. The van der Waals surface area contributed by atoms with Crippen LogP contribution in [0, 0.1) is 11.7 Å². The summed E-state index contributed by atoms with van der Waals surface area (Å²) in [5, 5.41) is 11.9. The number of halogens is 1. The Morgan fingerprint density at radius 3 is 2.66 bits per heavy atom. The quantitative estimate of drug-likeness (QED) is 0.834. The molecule has 154 valence electrons. The van der Waals surface area contributed by atoms with E-state index in [0.717, 1.165) is 62.3 Å². The zero-order chi connectivity index (χ0) is 19.8. The van der Waals surface area contributed by atoms with Crippen LogP contribution in [0.15, 0.2) is 24.3 Å². The third-order valence-corrected chi connectivity index (χ3v) is 6.18. The average Bonchev–Trinajstić information content (AvgIpc) is 3.52. The standard InChI is InChI=1S/C21H26FN5O2/c22-16-5-3-14(4-6-16)20-12-27-19(13-29-20)18(24-25-27)11-26-9-7-17(8-10-26)23-21(28)15-1-2-15/h3-6,15,17,20H,1-2,7-13H2,(H,23,28)/t20-/m0/s1. The maximum absolute atomic E-state index is 13.1. The van der Waals surface area contributed by atoms with Crippen molar-refractivity contribution in [1.82, 2.24) is 25.2 Å². The van der Waals surface area contributed by atoms with E-state index < -0.39 is 0 Å². The van der Waals surface area contributed by atoms with Crippen LogP contribution in [0.25, 0.3) is 0 Å². The van der Waals surface area contributed by atoms with Crippen molar-refractivity contribution in [1.29, 1.82) is 0 Å². The second kappa shape index (κ2) is 7.84. The predicted molar refractivity (Wildman–Crippen MR) is 103 cm³/mol. The van der Waals surface area contributed by atoms with Crippen LogP contribution < -0.4 is 5.32 Å². The molecule has 1 aliphatic carbocycles. The molecule has 1 aromatic heterocycles. The van der Waals surface area contributed by atoms with E-state index in [2.05, 4.69) is 20.5 Å². The topological polar surface area (TPSA) is 72.3 Å². The largest absolute Gasteiger partial charge is 0.365 e. The molecular formula is C21H26FN5O2. The molecule has 7 nitrogen and oxygen atoms in total. The van der Waals surface area contributed by atoms with Gasteiger partial charge >= 0.3 is 0 Å². The third kappa shape index (κ3) is 4.18. The molecule has 0 radical (unpaired) electrons. The van der Waals surface area contributed by atoms with E-state index in [-0.39, 0.29) is 23.7 Å². The van der Waals surface area contributed by atoms with Gasteiger partial charge in [-0.25, -0.2) is 9.07 Å². The Balaban J connectivity index is 1.16. The third-order valence-electron chi connectivity index (χ3n) is 6.18. The summed E-state index contributed by atoms with van der Waals surface area (Å²) in [6.45, 7) is 3.69. The molecule has 1 N–H and O–H groups in total. The van der Waals surface area contributed by atoms with Crippen molar-refractivity contribution < 1.29 is 13.9 Å². The van der Waals surface area contributed by atoms with E-state index in [0.29, 0.717) is 19.2 Å². The minimum atomic E-state index is -0.246. The van der Waals surface area contributed by atoms with Crippen molar-refractivity contribution in [3.8, 4) is 0 Å². The molecule has 2 fully saturated rings. The monoisotopic (exact) mass is 399 g/mol. The van der Waals surface area contributed by atoms with Crippen molar-refractivity contribution in [2.24, 2.45) is 5.92 Å². The summed E-state index contributed by atoms with van der Waals surface area (Å²) in [5.41, 5.74) is 2.93. The molecule has 1 saturated carbocycles. The number of nitrogens with one attached hydrogen (secondary N) is 1. The molecule has 8 heteroatoms. The molecule has 1 atom stereocenters. The number of likely N-dealkylation sites (tertiary alicyclic amines) is 1. The minimum Gasteiger partial charge on any atom is -0.365 e. The second-order valence-corrected chi connectivity index (χ2v) is 8.35. The first-order chi connectivity index (χ1) is 14.2. The van der Waals surface area contributed by atoms with Gasteiger partial charge in [0.2, 0.25) is 5.91 Å². The lowest BCUT2D eigenvalue weighted by Crippen LogP contribution is -2.44. The van der Waals surface area contributed by atoms with E-state index in [1.807, 2.05) is 4.68 Å². The molecule has 3 aliphatic rings. The lowest BCUT2D eigenvalue weighted by atomic mass is 10.0. The van der Waals surface area contributed by atoms with Crippen LogP contribution in [0.2, 0.25) is 0 Å². The summed E-state index contributed by atoms with van der Waals surface area (Å²) >= 11 is 0. The van der Waals surface area contributed by atoms with E-state index in [1.54, 1.807) is 12.1 Å². The Kier molecular flexibility index (Phi) is 5.05. The zero-order valence-electron chi connectivity index (χ0n) is 16.4. The Hall–Kier alpha value is -2.32. The first-order valence-corrected chi connectivity index (χ1v) is 10.5. The number of fused-ring (bicyclic) bond motifs is 1. The molecule has 0 unspecified atom stereocenters. The van der Waals surface area contributed by atoms with Gasteiger partial charge < -0.3 is 10.1 Å². The SMILES string of the molecule is O=C(NC1CCN(Cc2nnn3c2CO[C@H](c2ccc(F)cc2)C3)CC1)C1CC1. The van der Waals surface area contributed by atoms with Gasteiger partial charge in [-0.3, -0.25) is 9.69 Å². The van der Waals surface area contributed by atoms with Gasteiger partial charge in [-0.2, -0.15) is 0 Å². The van der Waals surface area contributed by atoms with Crippen LogP contribution in [0.1, 0.15) is 48.7 Å². The van der Waals surface area contributed by atoms with Crippen molar-refractivity contribution in [3.05, 3.63) is 47.0 Å².